The first-order valence-electron chi connectivity index (χ1n) is 7.51. The molecule has 100 valence electrons. The van der Waals surface area contributed by atoms with Crippen LogP contribution in [0.4, 0.5) is 0 Å². The van der Waals surface area contributed by atoms with Gasteiger partial charge < -0.3 is 4.90 Å². The molecule has 0 atom stereocenters. The maximum atomic E-state index is 4.34. The van der Waals surface area contributed by atoms with Crippen LogP contribution in [0.3, 0.4) is 0 Å². The van der Waals surface area contributed by atoms with Gasteiger partial charge in [-0.2, -0.15) is 0 Å². The van der Waals surface area contributed by atoms with E-state index in [1.54, 1.807) is 0 Å². The summed E-state index contributed by atoms with van der Waals surface area (Å²) in [7, 11) is 0. The van der Waals surface area contributed by atoms with E-state index in [2.05, 4.69) is 33.0 Å². The van der Waals surface area contributed by atoms with Gasteiger partial charge in [-0.1, -0.05) is 18.6 Å². The van der Waals surface area contributed by atoms with E-state index >= 15 is 0 Å². The maximum absolute atomic E-state index is 4.34. The Morgan fingerprint density at radius 2 is 2.00 bits per heavy atom. The topological polar surface area (TPSA) is 34.0 Å². The van der Waals surface area contributed by atoms with E-state index in [-0.39, 0.29) is 0 Å². The van der Waals surface area contributed by atoms with Crippen molar-refractivity contribution < 1.29 is 0 Å². The summed E-state index contributed by atoms with van der Waals surface area (Å²) in [5.74, 6) is 0.725. The van der Waals surface area contributed by atoms with E-state index < -0.39 is 0 Å². The summed E-state index contributed by atoms with van der Waals surface area (Å²) in [6.45, 7) is 5.99. The fourth-order valence-electron chi connectivity index (χ4n) is 2.82. The standard InChI is InChI=1S/C14H24N4/c1-2-3-8-17-9-6-13(7-10-17)18-11-14(15-16-18)12-4-5-12/h11-13H,2-10H2,1H3. The number of hydrogen-bond donors (Lipinski definition) is 0. The predicted octanol–water partition coefficient (Wildman–Crippen LogP) is 2.59. The molecule has 0 spiro atoms. The van der Waals surface area contributed by atoms with Crippen LogP contribution in [-0.2, 0) is 0 Å². The lowest BCUT2D eigenvalue weighted by Crippen LogP contribution is -2.35. The summed E-state index contributed by atoms with van der Waals surface area (Å²) < 4.78 is 2.13. The lowest BCUT2D eigenvalue weighted by molar-refractivity contribution is 0.177. The Balaban J connectivity index is 1.51. The molecule has 1 saturated heterocycles. The van der Waals surface area contributed by atoms with Gasteiger partial charge in [-0.25, -0.2) is 4.68 Å². The van der Waals surface area contributed by atoms with Gasteiger partial charge in [0, 0.05) is 25.2 Å². The number of unbranched alkanes of at least 4 members (excludes halogenated alkanes) is 1. The van der Waals surface area contributed by atoms with Crippen molar-refractivity contribution >= 4 is 0 Å². The van der Waals surface area contributed by atoms with Crippen LogP contribution in [-0.4, -0.2) is 39.5 Å². The fraction of sp³-hybridized carbons (Fsp3) is 0.857. The highest BCUT2D eigenvalue weighted by atomic mass is 15.4. The summed E-state index contributed by atoms with van der Waals surface area (Å²) in [5.41, 5.74) is 1.23. The third kappa shape index (κ3) is 2.74. The highest BCUT2D eigenvalue weighted by Crippen LogP contribution is 2.39. The van der Waals surface area contributed by atoms with E-state index in [1.807, 2.05) is 0 Å². The third-order valence-electron chi connectivity index (χ3n) is 4.28. The van der Waals surface area contributed by atoms with Crippen LogP contribution in [0.5, 0.6) is 0 Å². The van der Waals surface area contributed by atoms with Crippen LogP contribution >= 0.6 is 0 Å². The Hall–Kier alpha value is -0.900. The van der Waals surface area contributed by atoms with Gasteiger partial charge in [0.15, 0.2) is 0 Å². The Labute approximate surface area is 109 Å². The second kappa shape index (κ2) is 5.39. The summed E-state index contributed by atoms with van der Waals surface area (Å²) in [4.78, 5) is 2.60. The number of aromatic nitrogens is 3. The molecule has 4 heteroatoms. The molecule has 2 heterocycles. The zero-order valence-electron chi connectivity index (χ0n) is 11.4. The fourth-order valence-corrected chi connectivity index (χ4v) is 2.82. The van der Waals surface area contributed by atoms with Gasteiger partial charge in [0.1, 0.15) is 0 Å². The van der Waals surface area contributed by atoms with E-state index in [9.17, 15) is 0 Å². The first kappa shape index (κ1) is 12.2. The van der Waals surface area contributed by atoms with Crippen molar-refractivity contribution in [3.05, 3.63) is 11.9 Å². The minimum atomic E-state index is 0.586. The molecule has 1 aliphatic carbocycles. The molecule has 1 aromatic rings. The van der Waals surface area contributed by atoms with E-state index in [0.29, 0.717) is 6.04 Å². The molecule has 0 N–H and O–H groups in total. The molecule has 18 heavy (non-hydrogen) atoms. The number of hydrogen-bond acceptors (Lipinski definition) is 3. The van der Waals surface area contributed by atoms with Gasteiger partial charge in [0.05, 0.1) is 11.7 Å². The molecule has 0 bridgehead atoms. The first-order chi connectivity index (χ1) is 8.86. The van der Waals surface area contributed by atoms with Crippen LogP contribution in [0.15, 0.2) is 6.20 Å². The van der Waals surface area contributed by atoms with Gasteiger partial charge in [-0.05, 0) is 38.6 Å². The highest BCUT2D eigenvalue weighted by Gasteiger charge is 2.28. The maximum Gasteiger partial charge on any atom is 0.0858 e. The molecule has 4 nitrogen and oxygen atoms in total. The van der Waals surface area contributed by atoms with Crippen molar-refractivity contribution in [3.63, 3.8) is 0 Å². The molecule has 2 fully saturated rings. The summed E-state index contributed by atoms with van der Waals surface area (Å²) in [6.07, 6.45) is 9.92. The second-order valence-corrected chi connectivity index (χ2v) is 5.82. The van der Waals surface area contributed by atoms with E-state index in [1.165, 1.54) is 63.9 Å². The Bertz CT molecular complexity index is 375. The quantitative estimate of drug-likeness (QED) is 0.803. The normalized spacial score (nSPS) is 22.5. The van der Waals surface area contributed by atoms with Crippen molar-refractivity contribution in [2.75, 3.05) is 19.6 Å². The highest BCUT2D eigenvalue weighted by molar-refractivity contribution is 5.09. The summed E-state index contributed by atoms with van der Waals surface area (Å²) in [5, 5.41) is 8.66. The smallest absolute Gasteiger partial charge is 0.0858 e. The van der Waals surface area contributed by atoms with Gasteiger partial charge >= 0.3 is 0 Å². The Kier molecular flexibility index (Phi) is 3.64. The average molecular weight is 248 g/mol. The van der Waals surface area contributed by atoms with Crippen molar-refractivity contribution in [1.29, 1.82) is 0 Å². The van der Waals surface area contributed by atoms with Crippen molar-refractivity contribution in [2.24, 2.45) is 0 Å². The lowest BCUT2D eigenvalue weighted by atomic mass is 10.0. The Morgan fingerprint density at radius 1 is 1.22 bits per heavy atom. The van der Waals surface area contributed by atoms with Gasteiger partial charge in [0.25, 0.3) is 0 Å². The lowest BCUT2D eigenvalue weighted by Gasteiger charge is -2.31. The summed E-state index contributed by atoms with van der Waals surface area (Å²) in [6, 6.07) is 0.586. The molecule has 0 radical (unpaired) electrons. The predicted molar refractivity (Wildman–Crippen MR) is 71.6 cm³/mol. The summed E-state index contributed by atoms with van der Waals surface area (Å²) >= 11 is 0. The van der Waals surface area contributed by atoms with Crippen molar-refractivity contribution in [2.45, 2.75) is 57.4 Å². The van der Waals surface area contributed by atoms with Gasteiger partial charge in [0.2, 0.25) is 0 Å². The largest absolute Gasteiger partial charge is 0.303 e. The molecule has 1 aromatic heterocycles. The number of rotatable bonds is 5. The van der Waals surface area contributed by atoms with Crippen LogP contribution < -0.4 is 0 Å². The van der Waals surface area contributed by atoms with Crippen LogP contribution in [0.2, 0.25) is 0 Å². The Morgan fingerprint density at radius 3 is 2.67 bits per heavy atom. The van der Waals surface area contributed by atoms with Gasteiger partial charge in [-0.15, -0.1) is 5.10 Å². The van der Waals surface area contributed by atoms with E-state index in [0.717, 1.165) is 5.92 Å². The minimum absolute atomic E-state index is 0.586. The third-order valence-corrected chi connectivity index (χ3v) is 4.28. The monoisotopic (exact) mass is 248 g/mol. The van der Waals surface area contributed by atoms with E-state index in [4.69, 9.17) is 0 Å². The molecular weight excluding hydrogens is 224 g/mol. The molecule has 3 rings (SSSR count). The first-order valence-corrected chi connectivity index (χ1v) is 7.51. The molecule has 2 aliphatic rings. The zero-order chi connectivity index (χ0) is 12.4. The average Bonchev–Trinajstić information content (AvgIpc) is 3.15. The molecule has 0 aromatic carbocycles. The molecule has 0 amide bonds. The molecular formula is C14H24N4. The van der Waals surface area contributed by atoms with Crippen molar-refractivity contribution in [1.82, 2.24) is 19.9 Å². The van der Waals surface area contributed by atoms with Gasteiger partial charge in [-0.3, -0.25) is 0 Å². The number of likely N-dealkylation sites (tertiary alicyclic amines) is 1. The van der Waals surface area contributed by atoms with Crippen LogP contribution in [0.25, 0.3) is 0 Å². The second-order valence-electron chi connectivity index (χ2n) is 5.82. The van der Waals surface area contributed by atoms with Crippen LogP contribution in [0.1, 0.15) is 63.1 Å². The minimum Gasteiger partial charge on any atom is -0.303 e. The number of nitrogens with zero attached hydrogens (tertiary/aromatic N) is 4. The SMILES string of the molecule is CCCCN1CCC(n2cc(C3CC3)nn2)CC1. The zero-order valence-corrected chi connectivity index (χ0v) is 11.4. The van der Waals surface area contributed by atoms with Crippen molar-refractivity contribution in [3.8, 4) is 0 Å². The molecule has 1 saturated carbocycles. The van der Waals surface area contributed by atoms with Crippen LogP contribution in [0, 0.1) is 0 Å². The molecule has 1 aliphatic heterocycles. The number of piperidine rings is 1. The molecule has 0 unspecified atom stereocenters.